The first-order valence-electron chi connectivity index (χ1n) is 16.9. The lowest BCUT2D eigenvalue weighted by molar-refractivity contribution is -0.158. The second-order valence-electron chi connectivity index (χ2n) is 13.5. The Morgan fingerprint density at radius 2 is 1.64 bits per heavy atom. The molecule has 2 heterocycles. The predicted molar refractivity (Wildman–Crippen MR) is 177 cm³/mol. The van der Waals surface area contributed by atoms with Gasteiger partial charge in [0.05, 0.1) is 12.1 Å². The highest BCUT2D eigenvalue weighted by Gasteiger charge is 2.38. The molecule has 1 unspecified atom stereocenters. The van der Waals surface area contributed by atoms with Gasteiger partial charge in [-0.1, -0.05) is 83.9 Å². The molecule has 0 bridgehead atoms. The van der Waals surface area contributed by atoms with Crippen LogP contribution in [0.5, 0.6) is 0 Å². The van der Waals surface area contributed by atoms with Gasteiger partial charge in [-0.15, -0.1) is 0 Å². The lowest BCUT2D eigenvalue weighted by Gasteiger charge is -2.36. The minimum absolute atomic E-state index is 0.00899. The van der Waals surface area contributed by atoms with Crippen molar-refractivity contribution in [2.45, 2.75) is 117 Å². The van der Waals surface area contributed by atoms with Gasteiger partial charge in [0.2, 0.25) is 17.7 Å². The third-order valence-electron chi connectivity index (χ3n) is 9.31. The average Bonchev–Trinajstić information content (AvgIpc) is 3.51. The number of hydrogen-bond acceptors (Lipinski definition) is 6. The van der Waals surface area contributed by atoms with Crippen LogP contribution in [0.1, 0.15) is 98.2 Å². The normalized spacial score (nSPS) is 21.4. The van der Waals surface area contributed by atoms with E-state index in [1.165, 1.54) is 0 Å². The Morgan fingerprint density at radius 1 is 0.978 bits per heavy atom. The maximum absolute atomic E-state index is 13.9. The maximum atomic E-state index is 13.9. The highest BCUT2D eigenvalue weighted by molar-refractivity contribution is 5.96. The van der Waals surface area contributed by atoms with Crippen LogP contribution in [0.25, 0.3) is 0 Å². The number of benzene rings is 1. The van der Waals surface area contributed by atoms with Gasteiger partial charge in [0, 0.05) is 19.2 Å². The zero-order chi connectivity index (χ0) is 33.3. The van der Waals surface area contributed by atoms with Gasteiger partial charge in [0.1, 0.15) is 18.2 Å². The summed E-state index contributed by atoms with van der Waals surface area (Å²) in [7, 11) is 3.70. The highest BCUT2D eigenvalue weighted by atomic mass is 16.5. The summed E-state index contributed by atoms with van der Waals surface area (Å²) < 4.78 is 6.00. The lowest BCUT2D eigenvalue weighted by atomic mass is 9.96. The van der Waals surface area contributed by atoms with Crippen molar-refractivity contribution in [3.8, 4) is 0 Å². The quantitative estimate of drug-likeness (QED) is 0.242. The van der Waals surface area contributed by atoms with E-state index in [1.54, 1.807) is 23.8 Å². The molecule has 3 rings (SSSR count). The van der Waals surface area contributed by atoms with Crippen molar-refractivity contribution in [3.05, 3.63) is 47.5 Å². The summed E-state index contributed by atoms with van der Waals surface area (Å²) in [6.45, 7) is 13.0. The van der Waals surface area contributed by atoms with Crippen molar-refractivity contribution in [1.82, 2.24) is 20.0 Å². The highest BCUT2D eigenvalue weighted by Crippen LogP contribution is 2.28. The number of likely N-dealkylation sites (tertiary alicyclic amines) is 2. The molecule has 0 aliphatic carbocycles. The molecule has 3 amide bonds. The first-order valence-corrected chi connectivity index (χ1v) is 16.9. The van der Waals surface area contributed by atoms with Crippen molar-refractivity contribution < 1.29 is 23.9 Å². The summed E-state index contributed by atoms with van der Waals surface area (Å²) in [5.74, 6) is -0.987. The number of esters is 1. The number of amides is 3. The standard InChI is InChI=1S/C36H56N4O5/c1-9-16-31(27-17-11-10-12-18-27)45-36(44)29-20-15-22-40(29)34(42)26(6)23-30(24(2)3)39(8)35(43)32(25(4)5)37-33(41)28-19-13-14-21-38(28)7/h10-12,17-18,23-25,28-32H,9,13-16,19-22H2,1-8H3,(H,37,41)/t28?,29-,30+,31-,32-/m0/s1. The Kier molecular flexibility index (Phi) is 13.6. The van der Waals surface area contributed by atoms with E-state index in [0.717, 1.165) is 44.2 Å². The van der Waals surface area contributed by atoms with E-state index in [0.29, 0.717) is 25.0 Å². The zero-order valence-electron chi connectivity index (χ0n) is 28.8. The first kappa shape index (κ1) is 36.3. The minimum Gasteiger partial charge on any atom is -0.456 e. The average molecular weight is 625 g/mol. The Labute approximate surface area is 270 Å². The van der Waals surface area contributed by atoms with Gasteiger partial charge in [-0.2, -0.15) is 0 Å². The molecule has 0 radical (unpaired) electrons. The summed E-state index contributed by atoms with van der Waals surface area (Å²) in [6, 6.07) is 7.81. The van der Waals surface area contributed by atoms with Gasteiger partial charge in [-0.25, -0.2) is 4.79 Å². The van der Waals surface area contributed by atoms with E-state index in [4.69, 9.17) is 4.74 Å². The van der Waals surface area contributed by atoms with Gasteiger partial charge in [0.25, 0.3) is 0 Å². The molecule has 2 aliphatic rings. The van der Waals surface area contributed by atoms with E-state index in [9.17, 15) is 19.2 Å². The number of carbonyl (C=O) groups excluding carboxylic acids is 4. The summed E-state index contributed by atoms with van der Waals surface area (Å²) in [5, 5.41) is 3.05. The molecule has 1 aromatic carbocycles. The molecule has 5 atom stereocenters. The zero-order valence-corrected chi connectivity index (χ0v) is 28.8. The number of likely N-dealkylation sites (N-methyl/N-ethyl adjacent to an activating group) is 2. The Morgan fingerprint density at radius 3 is 2.24 bits per heavy atom. The smallest absolute Gasteiger partial charge is 0.329 e. The number of nitrogens with one attached hydrogen (secondary N) is 1. The molecule has 1 N–H and O–H groups in total. The van der Waals surface area contributed by atoms with E-state index < -0.39 is 12.1 Å². The van der Waals surface area contributed by atoms with E-state index in [1.807, 2.05) is 71.2 Å². The van der Waals surface area contributed by atoms with Crippen LogP contribution in [0.4, 0.5) is 0 Å². The lowest BCUT2D eigenvalue weighted by Crippen LogP contribution is -2.57. The van der Waals surface area contributed by atoms with E-state index in [-0.39, 0.29) is 53.7 Å². The molecule has 250 valence electrons. The number of piperidine rings is 1. The molecule has 2 saturated heterocycles. The maximum Gasteiger partial charge on any atom is 0.329 e. The van der Waals surface area contributed by atoms with Crippen LogP contribution < -0.4 is 5.32 Å². The molecule has 0 saturated carbocycles. The monoisotopic (exact) mass is 624 g/mol. The number of ether oxygens (including phenoxy) is 1. The molecular weight excluding hydrogens is 568 g/mol. The number of rotatable bonds is 13. The topological polar surface area (TPSA) is 99.3 Å². The van der Waals surface area contributed by atoms with E-state index in [2.05, 4.69) is 17.1 Å². The fourth-order valence-corrected chi connectivity index (χ4v) is 6.54. The molecule has 2 fully saturated rings. The third-order valence-corrected chi connectivity index (χ3v) is 9.31. The third kappa shape index (κ3) is 9.41. The minimum atomic E-state index is -0.679. The van der Waals surface area contributed by atoms with Crippen LogP contribution in [0.2, 0.25) is 0 Å². The van der Waals surface area contributed by atoms with Crippen LogP contribution in [0.15, 0.2) is 42.0 Å². The van der Waals surface area contributed by atoms with Crippen molar-refractivity contribution in [2.24, 2.45) is 11.8 Å². The van der Waals surface area contributed by atoms with Gasteiger partial charge in [-0.3, -0.25) is 19.3 Å². The largest absolute Gasteiger partial charge is 0.456 e. The fraction of sp³-hybridized carbons (Fsp3) is 0.667. The number of hydrogen-bond donors (Lipinski definition) is 1. The summed E-state index contributed by atoms with van der Waals surface area (Å²) in [5.41, 5.74) is 1.43. The second kappa shape index (κ2) is 16.9. The molecule has 45 heavy (non-hydrogen) atoms. The van der Waals surface area contributed by atoms with Crippen LogP contribution >= 0.6 is 0 Å². The Bertz CT molecular complexity index is 1180. The van der Waals surface area contributed by atoms with Crippen LogP contribution in [0.3, 0.4) is 0 Å². The Hall–Kier alpha value is -3.20. The molecule has 2 aliphatic heterocycles. The summed E-state index contributed by atoms with van der Waals surface area (Å²) in [4.78, 5) is 59.6. The first-order chi connectivity index (χ1) is 21.4. The fourth-order valence-electron chi connectivity index (χ4n) is 6.54. The van der Waals surface area contributed by atoms with Gasteiger partial charge in [0.15, 0.2) is 0 Å². The molecular formula is C36H56N4O5. The van der Waals surface area contributed by atoms with Crippen LogP contribution in [0, 0.1) is 11.8 Å². The van der Waals surface area contributed by atoms with Crippen LogP contribution in [-0.2, 0) is 23.9 Å². The summed E-state index contributed by atoms with van der Waals surface area (Å²) in [6.07, 6.45) is 7.20. The summed E-state index contributed by atoms with van der Waals surface area (Å²) >= 11 is 0. The molecule has 0 spiro atoms. The second-order valence-corrected chi connectivity index (χ2v) is 13.5. The van der Waals surface area contributed by atoms with Crippen molar-refractivity contribution in [1.29, 1.82) is 0 Å². The van der Waals surface area contributed by atoms with Crippen molar-refractivity contribution in [2.75, 3.05) is 27.2 Å². The molecule has 0 aromatic heterocycles. The van der Waals surface area contributed by atoms with E-state index >= 15 is 0 Å². The molecule has 9 heteroatoms. The number of nitrogens with zero attached hydrogens (tertiary/aromatic N) is 3. The van der Waals surface area contributed by atoms with Gasteiger partial charge >= 0.3 is 5.97 Å². The van der Waals surface area contributed by atoms with Crippen LogP contribution in [-0.4, -0.2) is 89.7 Å². The Balaban J connectivity index is 1.73. The van der Waals surface area contributed by atoms with Gasteiger partial charge < -0.3 is 19.9 Å². The van der Waals surface area contributed by atoms with Crippen molar-refractivity contribution in [3.63, 3.8) is 0 Å². The number of carbonyl (C=O) groups is 4. The predicted octanol–water partition coefficient (Wildman–Crippen LogP) is 5.12. The molecule has 9 nitrogen and oxygen atoms in total. The molecule has 1 aromatic rings. The SMILES string of the molecule is CCC[C@H](OC(=O)[C@@H]1CCCN1C(=O)C(C)=C[C@H](C(C)C)N(C)C(=O)[C@@H](NC(=O)C1CCCCN1C)C(C)C)c1ccccc1. The van der Waals surface area contributed by atoms with Crippen molar-refractivity contribution >= 4 is 23.7 Å². The van der Waals surface area contributed by atoms with Gasteiger partial charge in [-0.05, 0) is 70.0 Å².